The number of carbonyl (C=O) groups is 1. The maximum absolute atomic E-state index is 12.9. The molecule has 0 aromatic heterocycles. The number of hydrogen-bond acceptors (Lipinski definition) is 2. The summed E-state index contributed by atoms with van der Waals surface area (Å²) in [4.78, 5) is 15.4. The second-order valence-electron chi connectivity index (χ2n) is 4.29. The topological polar surface area (TPSA) is 23.6 Å². The molecule has 1 aliphatic rings. The first-order valence-electron chi connectivity index (χ1n) is 5.91. The van der Waals surface area contributed by atoms with Crippen LogP contribution in [0.3, 0.4) is 0 Å². The third kappa shape index (κ3) is 2.22. The number of rotatable bonds is 3. The first-order valence-corrected chi connectivity index (χ1v) is 6.32. The van der Waals surface area contributed by atoms with Crippen LogP contribution in [0.15, 0.2) is 24.3 Å². The number of thiocarbonyl (C=S) groups is 1. The van der Waals surface area contributed by atoms with E-state index in [-0.39, 0.29) is 17.8 Å². The van der Waals surface area contributed by atoms with Gasteiger partial charge in [0.05, 0.1) is 12.6 Å². The lowest BCUT2D eigenvalue weighted by Gasteiger charge is -2.25. The second kappa shape index (κ2) is 5.02. The molecule has 0 aliphatic carbocycles. The molecule has 1 fully saturated rings. The highest BCUT2D eigenvalue weighted by atomic mass is 32.1. The van der Waals surface area contributed by atoms with Gasteiger partial charge in [0, 0.05) is 6.54 Å². The van der Waals surface area contributed by atoms with Crippen LogP contribution in [0.25, 0.3) is 0 Å². The van der Waals surface area contributed by atoms with Gasteiger partial charge in [-0.15, -0.1) is 0 Å². The van der Waals surface area contributed by atoms with Gasteiger partial charge in [-0.05, 0) is 43.8 Å². The average molecular weight is 266 g/mol. The molecule has 0 N–H and O–H groups in total. The number of halogens is 1. The molecule has 1 saturated heterocycles. The summed E-state index contributed by atoms with van der Waals surface area (Å²) in [5.41, 5.74) is 0.880. The quantitative estimate of drug-likeness (QED) is 0.785. The molecule has 18 heavy (non-hydrogen) atoms. The van der Waals surface area contributed by atoms with Gasteiger partial charge in [-0.25, -0.2) is 4.39 Å². The zero-order valence-electron chi connectivity index (χ0n) is 10.4. The highest BCUT2D eigenvalue weighted by Gasteiger charge is 2.35. The Kier molecular flexibility index (Phi) is 3.61. The molecule has 0 bridgehead atoms. The number of likely N-dealkylation sites (N-methyl/N-ethyl adjacent to an activating group) is 1. The third-order valence-electron chi connectivity index (χ3n) is 3.19. The monoisotopic (exact) mass is 266 g/mol. The normalized spacial score (nSPS) is 17.5. The number of amides is 1. The van der Waals surface area contributed by atoms with Gasteiger partial charge in [0.2, 0.25) is 5.91 Å². The molecule has 1 heterocycles. The third-order valence-corrected chi connectivity index (χ3v) is 3.65. The van der Waals surface area contributed by atoms with Crippen molar-refractivity contribution in [1.29, 1.82) is 0 Å². The van der Waals surface area contributed by atoms with Gasteiger partial charge >= 0.3 is 0 Å². The van der Waals surface area contributed by atoms with Crippen LogP contribution in [0.5, 0.6) is 0 Å². The zero-order valence-corrected chi connectivity index (χ0v) is 11.2. The zero-order chi connectivity index (χ0) is 13.3. The van der Waals surface area contributed by atoms with Crippen molar-refractivity contribution in [2.75, 3.05) is 13.1 Å². The molecule has 3 nitrogen and oxygen atoms in total. The predicted octanol–water partition coefficient (Wildman–Crippen LogP) is 2.34. The fourth-order valence-corrected chi connectivity index (χ4v) is 2.54. The van der Waals surface area contributed by atoms with Gasteiger partial charge in [0.25, 0.3) is 0 Å². The maximum Gasteiger partial charge on any atom is 0.248 e. The summed E-state index contributed by atoms with van der Waals surface area (Å²) in [6.07, 6.45) is 0. The number of benzene rings is 1. The van der Waals surface area contributed by atoms with Crippen molar-refractivity contribution < 1.29 is 9.18 Å². The van der Waals surface area contributed by atoms with Crippen LogP contribution in [-0.2, 0) is 4.79 Å². The lowest BCUT2D eigenvalue weighted by atomic mass is 10.1. The minimum Gasteiger partial charge on any atom is -0.340 e. The van der Waals surface area contributed by atoms with E-state index in [4.69, 9.17) is 12.2 Å². The fraction of sp³-hybridized carbons (Fsp3) is 0.385. The van der Waals surface area contributed by atoms with E-state index >= 15 is 0 Å². The molecule has 0 saturated carbocycles. The summed E-state index contributed by atoms with van der Waals surface area (Å²) in [5, 5.41) is 0.555. The largest absolute Gasteiger partial charge is 0.340 e. The maximum atomic E-state index is 12.9. The summed E-state index contributed by atoms with van der Waals surface area (Å²) >= 11 is 5.30. The van der Waals surface area contributed by atoms with Gasteiger partial charge in [-0.2, -0.15) is 0 Å². The Balaban J connectivity index is 2.23. The van der Waals surface area contributed by atoms with Crippen LogP contribution in [0, 0.1) is 5.82 Å². The molecule has 96 valence electrons. The standard InChI is InChI=1S/C13H15FN2OS/c1-3-15-8-12(17)16(13(15)18)9(2)10-4-6-11(14)7-5-10/h4-7,9H,3,8H2,1-2H3. The van der Waals surface area contributed by atoms with Gasteiger partial charge < -0.3 is 4.90 Å². The van der Waals surface area contributed by atoms with E-state index in [0.717, 1.165) is 12.1 Å². The molecular formula is C13H15FN2OS. The van der Waals surface area contributed by atoms with E-state index in [1.54, 1.807) is 17.0 Å². The van der Waals surface area contributed by atoms with Crippen LogP contribution in [-0.4, -0.2) is 33.9 Å². The Hall–Kier alpha value is -1.49. The first kappa shape index (κ1) is 13.0. The van der Waals surface area contributed by atoms with Crippen molar-refractivity contribution >= 4 is 23.2 Å². The lowest BCUT2D eigenvalue weighted by Crippen LogP contribution is -2.34. The van der Waals surface area contributed by atoms with Crippen molar-refractivity contribution in [2.24, 2.45) is 0 Å². The minimum absolute atomic E-state index is 0.00123. The lowest BCUT2D eigenvalue weighted by molar-refractivity contribution is -0.126. The molecule has 1 atom stereocenters. The Morgan fingerprint density at radius 1 is 1.39 bits per heavy atom. The molecule has 1 aromatic carbocycles. The van der Waals surface area contributed by atoms with Crippen LogP contribution in [0.4, 0.5) is 4.39 Å². The van der Waals surface area contributed by atoms with Crippen LogP contribution in [0.2, 0.25) is 0 Å². The van der Waals surface area contributed by atoms with Gasteiger partial charge in [-0.1, -0.05) is 12.1 Å². The summed E-state index contributed by atoms with van der Waals surface area (Å²) in [6.45, 7) is 4.92. The van der Waals surface area contributed by atoms with E-state index < -0.39 is 0 Å². The highest BCUT2D eigenvalue weighted by molar-refractivity contribution is 7.80. The SMILES string of the molecule is CCN1CC(=O)N(C(C)c2ccc(F)cc2)C1=S. The molecule has 1 amide bonds. The highest BCUT2D eigenvalue weighted by Crippen LogP contribution is 2.25. The van der Waals surface area contributed by atoms with E-state index in [0.29, 0.717) is 11.7 Å². The smallest absolute Gasteiger partial charge is 0.248 e. The summed E-state index contributed by atoms with van der Waals surface area (Å²) < 4.78 is 12.9. The molecule has 5 heteroatoms. The van der Waals surface area contributed by atoms with Crippen molar-refractivity contribution in [2.45, 2.75) is 19.9 Å². The molecule has 1 aliphatic heterocycles. The van der Waals surface area contributed by atoms with Crippen LogP contribution < -0.4 is 0 Å². The Morgan fingerprint density at radius 2 is 2.00 bits per heavy atom. The summed E-state index contributed by atoms with van der Waals surface area (Å²) in [6, 6.07) is 6.00. The average Bonchev–Trinajstić information content (AvgIpc) is 2.64. The Labute approximate surface area is 111 Å². The van der Waals surface area contributed by atoms with Gasteiger partial charge in [-0.3, -0.25) is 9.69 Å². The molecule has 0 radical (unpaired) electrons. The number of nitrogens with zero attached hydrogens (tertiary/aromatic N) is 2. The van der Waals surface area contributed by atoms with Crippen LogP contribution in [0.1, 0.15) is 25.5 Å². The minimum atomic E-state index is -0.281. The molecular weight excluding hydrogens is 251 g/mol. The molecule has 2 rings (SSSR count). The predicted molar refractivity (Wildman–Crippen MR) is 71.5 cm³/mol. The van der Waals surface area contributed by atoms with E-state index in [1.807, 2.05) is 18.7 Å². The van der Waals surface area contributed by atoms with E-state index in [1.165, 1.54) is 12.1 Å². The van der Waals surface area contributed by atoms with Gasteiger partial charge in [0.1, 0.15) is 5.82 Å². The van der Waals surface area contributed by atoms with Crippen molar-refractivity contribution in [3.8, 4) is 0 Å². The molecule has 1 unspecified atom stereocenters. The number of carbonyl (C=O) groups excluding carboxylic acids is 1. The molecule has 0 spiro atoms. The van der Waals surface area contributed by atoms with Crippen molar-refractivity contribution in [3.63, 3.8) is 0 Å². The Morgan fingerprint density at radius 3 is 2.50 bits per heavy atom. The molecule has 1 aromatic rings. The summed E-state index contributed by atoms with van der Waals surface area (Å²) in [7, 11) is 0. The fourth-order valence-electron chi connectivity index (χ4n) is 2.09. The van der Waals surface area contributed by atoms with Crippen molar-refractivity contribution in [3.05, 3.63) is 35.6 Å². The van der Waals surface area contributed by atoms with E-state index in [2.05, 4.69) is 0 Å². The summed E-state index contributed by atoms with van der Waals surface area (Å²) in [5.74, 6) is -0.282. The van der Waals surface area contributed by atoms with Crippen molar-refractivity contribution in [1.82, 2.24) is 9.80 Å². The van der Waals surface area contributed by atoms with E-state index in [9.17, 15) is 9.18 Å². The first-order chi connectivity index (χ1) is 8.54. The van der Waals surface area contributed by atoms with Gasteiger partial charge in [0.15, 0.2) is 5.11 Å². The second-order valence-corrected chi connectivity index (χ2v) is 4.65. The van der Waals surface area contributed by atoms with Crippen LogP contribution >= 0.6 is 12.2 Å². The Bertz CT molecular complexity index is 474. The number of hydrogen-bond donors (Lipinski definition) is 0.